The van der Waals surface area contributed by atoms with E-state index in [2.05, 4.69) is 0 Å². The van der Waals surface area contributed by atoms with Crippen LogP contribution < -0.4 is 9.47 Å². The molecule has 10 heteroatoms. The molecule has 0 radical (unpaired) electrons. The van der Waals surface area contributed by atoms with Gasteiger partial charge in [0.15, 0.2) is 5.17 Å². The predicted molar refractivity (Wildman–Crippen MR) is 153 cm³/mol. The van der Waals surface area contributed by atoms with Crippen molar-refractivity contribution in [2.24, 2.45) is 4.99 Å². The first-order valence-electron chi connectivity index (χ1n) is 12.1. The SMILES string of the molecule is COc1cccc(CN(Cc2cccc(O)c2)C(=Nc2ccc(Cl)c(C(F)(F)F)c2)Sc2cccc(OC)c2)c1. The Balaban J connectivity index is 1.83. The summed E-state index contributed by atoms with van der Waals surface area (Å²) in [5.74, 6) is 1.40. The summed E-state index contributed by atoms with van der Waals surface area (Å²) in [6, 6.07) is 25.2. The van der Waals surface area contributed by atoms with Crippen LogP contribution >= 0.6 is 23.4 Å². The van der Waals surface area contributed by atoms with E-state index in [1.165, 1.54) is 23.9 Å². The number of hydrogen-bond donors (Lipinski definition) is 1. The van der Waals surface area contributed by atoms with Gasteiger partial charge in [-0.25, -0.2) is 4.99 Å². The summed E-state index contributed by atoms with van der Waals surface area (Å²) in [5.41, 5.74) is 0.807. The van der Waals surface area contributed by atoms with E-state index in [1.807, 2.05) is 53.4 Å². The van der Waals surface area contributed by atoms with E-state index in [4.69, 9.17) is 26.1 Å². The van der Waals surface area contributed by atoms with Crippen LogP contribution in [0.5, 0.6) is 17.2 Å². The van der Waals surface area contributed by atoms with Gasteiger partial charge in [0.05, 0.1) is 30.5 Å². The number of aromatic hydroxyl groups is 1. The molecule has 0 bridgehead atoms. The summed E-state index contributed by atoms with van der Waals surface area (Å²) >= 11 is 7.15. The molecule has 0 aliphatic rings. The highest BCUT2D eigenvalue weighted by molar-refractivity contribution is 8.13. The van der Waals surface area contributed by atoms with Crippen LogP contribution in [0.15, 0.2) is 101 Å². The van der Waals surface area contributed by atoms with Gasteiger partial charge in [-0.15, -0.1) is 0 Å². The van der Waals surface area contributed by atoms with E-state index in [-0.39, 0.29) is 11.4 Å². The smallest absolute Gasteiger partial charge is 0.417 e. The lowest BCUT2D eigenvalue weighted by molar-refractivity contribution is -0.137. The molecule has 0 aliphatic heterocycles. The lowest BCUT2D eigenvalue weighted by Gasteiger charge is -2.27. The average Bonchev–Trinajstić information content (AvgIpc) is 2.93. The van der Waals surface area contributed by atoms with Crippen molar-refractivity contribution >= 4 is 34.2 Å². The second-order valence-electron chi connectivity index (χ2n) is 8.71. The quantitative estimate of drug-likeness (QED) is 0.127. The fourth-order valence-electron chi connectivity index (χ4n) is 3.90. The fourth-order valence-corrected chi connectivity index (χ4v) is 5.06. The summed E-state index contributed by atoms with van der Waals surface area (Å²) < 4.78 is 51.7. The van der Waals surface area contributed by atoms with Crippen LogP contribution in [-0.4, -0.2) is 29.4 Å². The molecule has 0 fully saturated rings. The zero-order valence-electron chi connectivity index (χ0n) is 21.7. The van der Waals surface area contributed by atoms with Crippen molar-refractivity contribution in [3.05, 3.63) is 113 Å². The van der Waals surface area contributed by atoms with E-state index >= 15 is 0 Å². The first-order chi connectivity index (χ1) is 19.1. The topological polar surface area (TPSA) is 54.3 Å². The summed E-state index contributed by atoms with van der Waals surface area (Å²) in [6.45, 7) is 0.656. The lowest BCUT2D eigenvalue weighted by Crippen LogP contribution is -2.28. The third-order valence-electron chi connectivity index (χ3n) is 5.79. The van der Waals surface area contributed by atoms with Crippen LogP contribution in [0.2, 0.25) is 5.02 Å². The largest absolute Gasteiger partial charge is 0.508 e. The van der Waals surface area contributed by atoms with Crippen molar-refractivity contribution in [3.8, 4) is 17.2 Å². The van der Waals surface area contributed by atoms with Gasteiger partial charge in [0.25, 0.3) is 0 Å². The van der Waals surface area contributed by atoms with E-state index in [0.29, 0.717) is 29.8 Å². The number of aliphatic imine (C=N–C) groups is 1. The first kappa shape index (κ1) is 29.2. The summed E-state index contributed by atoms with van der Waals surface area (Å²) in [4.78, 5) is 7.39. The van der Waals surface area contributed by atoms with Crippen molar-refractivity contribution in [1.82, 2.24) is 4.90 Å². The van der Waals surface area contributed by atoms with Crippen molar-refractivity contribution in [3.63, 3.8) is 0 Å². The highest BCUT2D eigenvalue weighted by Gasteiger charge is 2.33. The minimum Gasteiger partial charge on any atom is -0.508 e. The average molecular weight is 587 g/mol. The minimum atomic E-state index is -4.63. The Morgan fingerprint density at radius 3 is 2.12 bits per heavy atom. The Hall–Kier alpha value is -3.82. The molecule has 0 spiro atoms. The molecule has 5 nitrogen and oxygen atoms in total. The van der Waals surface area contributed by atoms with Crippen LogP contribution in [0, 0.1) is 0 Å². The number of halogens is 4. The number of nitrogens with zero attached hydrogens (tertiary/aromatic N) is 2. The Bertz CT molecular complexity index is 1500. The zero-order chi connectivity index (χ0) is 28.7. The van der Waals surface area contributed by atoms with E-state index in [1.54, 1.807) is 38.5 Å². The van der Waals surface area contributed by atoms with Gasteiger partial charge >= 0.3 is 6.18 Å². The standard InChI is InChI=1S/C30H26ClF3N2O3S/c1-38-24-9-4-7-21(15-24)19-36(18-20-6-3-8-23(37)14-20)29(40-26-11-5-10-25(17-26)39-2)35-22-12-13-28(31)27(16-22)30(32,33)34/h3-17,37H,18-19H2,1-2H3. The number of rotatable bonds is 8. The molecule has 1 N–H and O–H groups in total. The summed E-state index contributed by atoms with van der Waals surface area (Å²) in [7, 11) is 3.13. The Labute approximate surface area is 239 Å². The minimum absolute atomic E-state index is 0.0914. The maximum Gasteiger partial charge on any atom is 0.417 e. The molecule has 0 saturated heterocycles. The highest BCUT2D eigenvalue weighted by Crippen LogP contribution is 2.38. The molecule has 4 aromatic carbocycles. The molecular weight excluding hydrogens is 561 g/mol. The molecular formula is C30H26ClF3N2O3S. The maximum atomic E-state index is 13.6. The number of phenolic OH excluding ortho intramolecular Hbond substituents is 1. The zero-order valence-corrected chi connectivity index (χ0v) is 23.2. The number of amidine groups is 1. The van der Waals surface area contributed by atoms with E-state index < -0.39 is 16.8 Å². The van der Waals surface area contributed by atoms with Crippen LogP contribution in [0.4, 0.5) is 18.9 Å². The molecule has 0 saturated carbocycles. The van der Waals surface area contributed by atoms with Crippen molar-refractivity contribution in [2.45, 2.75) is 24.2 Å². The highest BCUT2D eigenvalue weighted by atomic mass is 35.5. The van der Waals surface area contributed by atoms with E-state index in [9.17, 15) is 18.3 Å². The van der Waals surface area contributed by atoms with Crippen molar-refractivity contribution in [2.75, 3.05) is 14.2 Å². The molecule has 0 aromatic heterocycles. The molecule has 208 valence electrons. The molecule has 40 heavy (non-hydrogen) atoms. The monoisotopic (exact) mass is 586 g/mol. The normalized spacial score (nSPS) is 11.8. The molecule has 4 aromatic rings. The second kappa shape index (κ2) is 13.0. The fraction of sp³-hybridized carbons (Fsp3) is 0.167. The Morgan fingerprint density at radius 2 is 1.48 bits per heavy atom. The van der Waals surface area contributed by atoms with Crippen LogP contribution in [0.25, 0.3) is 0 Å². The molecule has 0 amide bonds. The van der Waals surface area contributed by atoms with Gasteiger partial charge in [-0.1, -0.05) is 53.7 Å². The number of alkyl halides is 3. The van der Waals surface area contributed by atoms with Gasteiger partial charge in [-0.3, -0.25) is 0 Å². The number of phenols is 1. The Morgan fingerprint density at radius 1 is 0.850 bits per heavy atom. The molecule has 4 rings (SSSR count). The molecule has 0 atom stereocenters. The third-order valence-corrected chi connectivity index (χ3v) is 7.14. The van der Waals surface area contributed by atoms with Crippen LogP contribution in [-0.2, 0) is 19.3 Å². The first-order valence-corrected chi connectivity index (χ1v) is 13.3. The van der Waals surface area contributed by atoms with Gasteiger partial charge < -0.3 is 19.5 Å². The van der Waals surface area contributed by atoms with Gasteiger partial charge in [0.2, 0.25) is 0 Å². The molecule has 0 aliphatic carbocycles. The van der Waals surface area contributed by atoms with E-state index in [0.717, 1.165) is 22.1 Å². The molecule has 0 heterocycles. The van der Waals surface area contributed by atoms with Gasteiger partial charge in [0.1, 0.15) is 17.2 Å². The Kier molecular flexibility index (Phi) is 9.50. The number of hydrogen-bond acceptors (Lipinski definition) is 5. The third kappa shape index (κ3) is 7.86. The van der Waals surface area contributed by atoms with Gasteiger partial charge in [-0.2, -0.15) is 13.2 Å². The number of ether oxygens (including phenoxy) is 2. The predicted octanol–water partition coefficient (Wildman–Crippen LogP) is 8.56. The van der Waals surface area contributed by atoms with Crippen molar-refractivity contribution in [1.29, 1.82) is 0 Å². The van der Waals surface area contributed by atoms with Crippen molar-refractivity contribution < 1.29 is 27.8 Å². The maximum absolute atomic E-state index is 13.6. The molecule has 0 unspecified atom stereocenters. The number of benzene rings is 4. The number of methoxy groups -OCH3 is 2. The lowest BCUT2D eigenvalue weighted by atomic mass is 10.1. The second-order valence-corrected chi connectivity index (χ2v) is 10.2. The number of thioether (sulfide) groups is 1. The summed E-state index contributed by atoms with van der Waals surface area (Å²) in [6.07, 6.45) is -4.63. The van der Waals surface area contributed by atoms with Gasteiger partial charge in [0, 0.05) is 18.0 Å². The van der Waals surface area contributed by atoms with Crippen LogP contribution in [0.3, 0.4) is 0 Å². The van der Waals surface area contributed by atoms with Gasteiger partial charge in [-0.05, 0) is 71.8 Å². The van der Waals surface area contributed by atoms with Crippen LogP contribution in [0.1, 0.15) is 16.7 Å². The summed E-state index contributed by atoms with van der Waals surface area (Å²) in [5, 5.41) is 10.1.